The molecule has 2 aromatic carbocycles. The first-order chi connectivity index (χ1) is 13.1. The van der Waals surface area contributed by atoms with E-state index in [9.17, 15) is 4.79 Å². The summed E-state index contributed by atoms with van der Waals surface area (Å²) in [7, 11) is 0. The summed E-state index contributed by atoms with van der Waals surface area (Å²) >= 11 is 1.60. The molecule has 3 rings (SSSR count). The molecule has 1 heterocycles. The van der Waals surface area contributed by atoms with E-state index in [1.807, 2.05) is 43.3 Å². The van der Waals surface area contributed by atoms with Crippen molar-refractivity contribution in [1.82, 2.24) is 9.97 Å². The van der Waals surface area contributed by atoms with Crippen LogP contribution in [0.5, 0.6) is 5.75 Å². The first-order valence-corrected chi connectivity index (χ1v) is 9.71. The van der Waals surface area contributed by atoms with Gasteiger partial charge in [0.2, 0.25) is 0 Å². The van der Waals surface area contributed by atoms with E-state index < -0.39 is 0 Å². The van der Waals surface area contributed by atoms with E-state index >= 15 is 0 Å². The van der Waals surface area contributed by atoms with Crippen molar-refractivity contribution >= 4 is 29.2 Å². The second kappa shape index (κ2) is 9.19. The molecular formula is C21H21N3O2S. The number of carbonyl (C=O) groups excluding carboxylic acids is 1. The highest BCUT2D eigenvalue weighted by atomic mass is 32.2. The zero-order valence-electron chi connectivity index (χ0n) is 15.3. The van der Waals surface area contributed by atoms with Crippen LogP contribution < -0.4 is 10.1 Å². The first kappa shape index (κ1) is 18.9. The third-order valence-electron chi connectivity index (χ3n) is 3.69. The van der Waals surface area contributed by atoms with Crippen molar-refractivity contribution < 1.29 is 9.53 Å². The quantitative estimate of drug-likeness (QED) is 0.265. The van der Waals surface area contributed by atoms with Gasteiger partial charge < -0.3 is 10.1 Å². The number of thioether (sulfide) groups is 1. The maximum Gasteiger partial charge on any atom is 0.310 e. The average molecular weight is 379 g/mol. The second-order valence-corrected chi connectivity index (χ2v) is 6.87. The molecular weight excluding hydrogens is 358 g/mol. The number of nitrogens with zero attached hydrogens (tertiary/aromatic N) is 2. The zero-order chi connectivity index (χ0) is 19.1. The van der Waals surface area contributed by atoms with Crippen molar-refractivity contribution in [2.75, 3.05) is 5.32 Å². The maximum atomic E-state index is 11.3. The Kier molecular flexibility index (Phi) is 6.44. The molecule has 0 saturated heterocycles. The summed E-state index contributed by atoms with van der Waals surface area (Å²) in [5.41, 5.74) is 3.00. The number of carbonyl (C=O) groups is 1. The lowest BCUT2D eigenvalue weighted by molar-refractivity contribution is -0.134. The Morgan fingerprint density at radius 2 is 1.81 bits per heavy atom. The molecule has 1 N–H and O–H groups in total. The molecule has 0 amide bonds. The van der Waals surface area contributed by atoms with Gasteiger partial charge in [-0.15, -0.1) is 0 Å². The fourth-order valence-corrected chi connectivity index (χ4v) is 3.21. The van der Waals surface area contributed by atoms with E-state index in [2.05, 4.69) is 27.4 Å². The number of rotatable bonds is 7. The Morgan fingerprint density at radius 3 is 2.52 bits per heavy atom. The molecule has 0 spiro atoms. The first-order valence-electron chi connectivity index (χ1n) is 8.72. The normalized spacial score (nSPS) is 10.4. The van der Waals surface area contributed by atoms with Gasteiger partial charge in [-0.3, -0.25) is 4.79 Å². The van der Waals surface area contributed by atoms with E-state index in [0.29, 0.717) is 12.2 Å². The van der Waals surface area contributed by atoms with Gasteiger partial charge in [0.05, 0.1) is 0 Å². The summed E-state index contributed by atoms with van der Waals surface area (Å²) in [5.74, 6) is 1.84. The third-order valence-corrected chi connectivity index (χ3v) is 4.61. The molecule has 0 saturated carbocycles. The number of hydrogen-bond donors (Lipinski definition) is 1. The van der Waals surface area contributed by atoms with E-state index in [0.717, 1.165) is 28.1 Å². The van der Waals surface area contributed by atoms with Gasteiger partial charge in [0, 0.05) is 29.6 Å². The maximum absolute atomic E-state index is 11.3. The number of anilines is 2. The van der Waals surface area contributed by atoms with Gasteiger partial charge in [-0.25, -0.2) is 9.97 Å². The van der Waals surface area contributed by atoms with Gasteiger partial charge in [-0.1, -0.05) is 49.0 Å². The van der Waals surface area contributed by atoms with E-state index in [1.165, 1.54) is 5.56 Å². The number of aryl methyl sites for hydroxylation is 1. The molecule has 0 fully saturated rings. The Hall–Kier alpha value is -2.86. The molecule has 5 nitrogen and oxygen atoms in total. The average Bonchev–Trinajstić information content (AvgIpc) is 2.68. The number of ether oxygens (including phenoxy) is 1. The number of hydrogen-bond acceptors (Lipinski definition) is 6. The summed E-state index contributed by atoms with van der Waals surface area (Å²) in [6, 6.07) is 19.4. The lowest BCUT2D eigenvalue weighted by atomic mass is 10.2. The molecule has 0 bridgehead atoms. The van der Waals surface area contributed by atoms with Gasteiger partial charge in [0.1, 0.15) is 11.6 Å². The smallest absolute Gasteiger partial charge is 0.310 e. The third kappa shape index (κ3) is 5.82. The minimum atomic E-state index is -0.248. The monoisotopic (exact) mass is 379 g/mol. The van der Waals surface area contributed by atoms with E-state index in [4.69, 9.17) is 4.74 Å². The molecule has 138 valence electrons. The van der Waals surface area contributed by atoms with Crippen LogP contribution in [0.3, 0.4) is 0 Å². The van der Waals surface area contributed by atoms with Crippen LogP contribution in [0, 0.1) is 6.92 Å². The lowest BCUT2D eigenvalue weighted by Gasteiger charge is -2.09. The minimum absolute atomic E-state index is 0.248. The van der Waals surface area contributed by atoms with E-state index in [-0.39, 0.29) is 5.97 Å². The number of esters is 1. The molecule has 0 aliphatic carbocycles. The van der Waals surface area contributed by atoms with Crippen LogP contribution >= 0.6 is 11.8 Å². The minimum Gasteiger partial charge on any atom is -0.427 e. The summed E-state index contributed by atoms with van der Waals surface area (Å²) in [5, 5.41) is 4.00. The van der Waals surface area contributed by atoms with Crippen LogP contribution in [0.15, 0.2) is 65.8 Å². The molecule has 0 unspecified atom stereocenters. The van der Waals surface area contributed by atoms with Crippen molar-refractivity contribution in [3.8, 4) is 5.75 Å². The van der Waals surface area contributed by atoms with Gasteiger partial charge in [0.25, 0.3) is 0 Å². The molecule has 0 atom stereocenters. The predicted molar refractivity (Wildman–Crippen MR) is 108 cm³/mol. The summed E-state index contributed by atoms with van der Waals surface area (Å²) in [6.07, 6.45) is 0.351. The lowest BCUT2D eigenvalue weighted by Crippen LogP contribution is -2.05. The molecule has 0 aliphatic rings. The van der Waals surface area contributed by atoms with Crippen LogP contribution in [0.1, 0.15) is 24.6 Å². The van der Waals surface area contributed by atoms with Crippen molar-refractivity contribution in [3.05, 3.63) is 71.9 Å². The van der Waals surface area contributed by atoms with Crippen molar-refractivity contribution in [2.45, 2.75) is 31.2 Å². The van der Waals surface area contributed by atoms with Gasteiger partial charge in [-0.2, -0.15) is 0 Å². The number of nitrogens with one attached hydrogen (secondary N) is 1. The largest absolute Gasteiger partial charge is 0.427 e. The van der Waals surface area contributed by atoms with Gasteiger partial charge in [-0.05, 0) is 36.8 Å². The summed E-state index contributed by atoms with van der Waals surface area (Å²) < 4.78 is 5.19. The molecule has 6 heteroatoms. The van der Waals surface area contributed by atoms with Crippen molar-refractivity contribution in [2.24, 2.45) is 0 Å². The van der Waals surface area contributed by atoms with Crippen LogP contribution in [0.2, 0.25) is 0 Å². The zero-order valence-corrected chi connectivity index (χ0v) is 16.1. The van der Waals surface area contributed by atoms with Crippen LogP contribution in [0.25, 0.3) is 0 Å². The molecule has 0 radical (unpaired) electrons. The summed E-state index contributed by atoms with van der Waals surface area (Å²) in [4.78, 5) is 20.4. The summed E-state index contributed by atoms with van der Waals surface area (Å²) in [6.45, 7) is 3.72. The van der Waals surface area contributed by atoms with E-state index in [1.54, 1.807) is 30.8 Å². The molecule has 3 aromatic rings. The fourth-order valence-electron chi connectivity index (χ4n) is 2.35. The Morgan fingerprint density at radius 1 is 1.07 bits per heavy atom. The van der Waals surface area contributed by atoms with Crippen molar-refractivity contribution in [1.29, 1.82) is 0 Å². The van der Waals surface area contributed by atoms with Crippen LogP contribution in [-0.2, 0) is 10.5 Å². The van der Waals surface area contributed by atoms with Gasteiger partial charge >= 0.3 is 5.97 Å². The predicted octanol–water partition coefficient (Wildman–Crippen LogP) is 5.14. The van der Waals surface area contributed by atoms with Gasteiger partial charge in [0.15, 0.2) is 5.16 Å². The highest BCUT2D eigenvalue weighted by Crippen LogP contribution is 2.24. The Balaban J connectivity index is 1.66. The fraction of sp³-hybridized carbons (Fsp3) is 0.190. The highest BCUT2D eigenvalue weighted by molar-refractivity contribution is 7.98. The standard InChI is InChI=1S/C21H21N3O2S/c1-3-20(25)26-18-11-9-17(10-12-18)23-19-13-15(2)22-21(24-19)27-14-16-7-5-4-6-8-16/h4-13H,3,14H2,1-2H3,(H,22,23,24). The highest BCUT2D eigenvalue weighted by Gasteiger charge is 2.06. The van der Waals surface area contributed by atoms with Crippen LogP contribution in [-0.4, -0.2) is 15.9 Å². The molecule has 1 aromatic heterocycles. The molecule has 27 heavy (non-hydrogen) atoms. The number of benzene rings is 2. The van der Waals surface area contributed by atoms with Crippen LogP contribution in [0.4, 0.5) is 11.5 Å². The topological polar surface area (TPSA) is 64.1 Å². The molecule has 0 aliphatic heterocycles. The van der Waals surface area contributed by atoms with Crippen molar-refractivity contribution in [3.63, 3.8) is 0 Å². The number of aromatic nitrogens is 2. The Labute approximate surface area is 163 Å². The Bertz CT molecular complexity index is 899. The second-order valence-electron chi connectivity index (χ2n) is 5.93. The SMILES string of the molecule is CCC(=O)Oc1ccc(Nc2cc(C)nc(SCc3ccccc3)n2)cc1.